The first-order valence-corrected chi connectivity index (χ1v) is 7.11. The van der Waals surface area contributed by atoms with Crippen LogP contribution in [0.3, 0.4) is 0 Å². The number of phenols is 1. The van der Waals surface area contributed by atoms with Gasteiger partial charge in [0.2, 0.25) is 0 Å². The highest BCUT2D eigenvalue weighted by atomic mass is 35.5. The Labute approximate surface area is 122 Å². The lowest BCUT2D eigenvalue weighted by Gasteiger charge is -2.22. The summed E-state index contributed by atoms with van der Waals surface area (Å²) in [7, 11) is 0. The molecule has 0 aromatic heterocycles. The number of hydrogen-bond donors (Lipinski definition) is 1. The lowest BCUT2D eigenvalue weighted by atomic mass is 9.85. The predicted molar refractivity (Wildman–Crippen MR) is 75.5 cm³/mol. The standard InChI is InChI=1S/C15H17ClO4/c1-3-20-15(19)14(18)11-8(2)9-6-4-5-7-10(9)12(16)13(11)17/h17H,3-7H2,1-2H3. The molecule has 0 saturated carbocycles. The maximum absolute atomic E-state index is 12.1. The zero-order valence-corrected chi connectivity index (χ0v) is 12.3. The van der Waals surface area contributed by atoms with Crippen LogP contribution in [0.25, 0.3) is 0 Å². The summed E-state index contributed by atoms with van der Waals surface area (Å²) in [6.07, 6.45) is 3.62. The van der Waals surface area contributed by atoms with Crippen LogP contribution >= 0.6 is 11.6 Å². The van der Waals surface area contributed by atoms with Crippen molar-refractivity contribution in [1.29, 1.82) is 0 Å². The minimum Gasteiger partial charge on any atom is -0.506 e. The molecule has 108 valence electrons. The number of rotatable bonds is 3. The summed E-state index contributed by atoms with van der Waals surface area (Å²) < 4.78 is 4.71. The van der Waals surface area contributed by atoms with E-state index in [2.05, 4.69) is 0 Å². The number of aromatic hydroxyl groups is 1. The molecule has 1 aliphatic rings. The van der Waals surface area contributed by atoms with E-state index in [9.17, 15) is 14.7 Å². The molecule has 0 unspecified atom stereocenters. The van der Waals surface area contributed by atoms with Gasteiger partial charge in [-0.2, -0.15) is 0 Å². The van der Waals surface area contributed by atoms with E-state index in [0.717, 1.165) is 36.8 Å². The Morgan fingerprint density at radius 3 is 2.45 bits per heavy atom. The zero-order valence-electron chi connectivity index (χ0n) is 11.6. The fourth-order valence-corrected chi connectivity index (χ4v) is 3.02. The Bertz CT molecular complexity index is 578. The van der Waals surface area contributed by atoms with Gasteiger partial charge in [0.05, 0.1) is 17.2 Å². The van der Waals surface area contributed by atoms with Crippen LogP contribution in [0.4, 0.5) is 0 Å². The smallest absolute Gasteiger partial charge is 0.379 e. The minimum absolute atomic E-state index is 0.0194. The summed E-state index contributed by atoms with van der Waals surface area (Å²) in [4.78, 5) is 23.7. The number of carbonyl (C=O) groups excluding carboxylic acids is 2. The summed E-state index contributed by atoms with van der Waals surface area (Å²) in [5.74, 6) is -2.10. The van der Waals surface area contributed by atoms with E-state index in [4.69, 9.17) is 16.3 Å². The second-order valence-corrected chi connectivity index (χ2v) is 5.25. The number of benzene rings is 1. The Morgan fingerprint density at radius 1 is 1.25 bits per heavy atom. The third-order valence-corrected chi connectivity index (χ3v) is 4.10. The Hall–Kier alpha value is -1.55. The van der Waals surface area contributed by atoms with Crippen LogP contribution in [-0.2, 0) is 22.4 Å². The van der Waals surface area contributed by atoms with E-state index in [-0.39, 0.29) is 22.9 Å². The van der Waals surface area contributed by atoms with Gasteiger partial charge in [-0.25, -0.2) is 4.79 Å². The molecule has 0 aliphatic heterocycles. The van der Waals surface area contributed by atoms with Gasteiger partial charge < -0.3 is 9.84 Å². The molecule has 0 amide bonds. The van der Waals surface area contributed by atoms with Crippen LogP contribution in [0, 0.1) is 6.92 Å². The number of fused-ring (bicyclic) bond motifs is 1. The van der Waals surface area contributed by atoms with E-state index in [1.807, 2.05) is 0 Å². The molecule has 20 heavy (non-hydrogen) atoms. The largest absolute Gasteiger partial charge is 0.506 e. The molecule has 0 radical (unpaired) electrons. The summed E-state index contributed by atoms with van der Waals surface area (Å²) in [5.41, 5.74) is 2.49. The van der Waals surface area contributed by atoms with E-state index < -0.39 is 11.8 Å². The molecular formula is C15H17ClO4. The summed E-state index contributed by atoms with van der Waals surface area (Å²) in [5, 5.41) is 10.4. The van der Waals surface area contributed by atoms with Gasteiger partial charge in [0.1, 0.15) is 5.75 Å². The molecule has 0 bridgehead atoms. The maximum atomic E-state index is 12.1. The van der Waals surface area contributed by atoms with Crippen LogP contribution in [0.5, 0.6) is 5.75 Å². The van der Waals surface area contributed by atoms with Gasteiger partial charge in [-0.3, -0.25) is 4.79 Å². The molecule has 2 rings (SSSR count). The van der Waals surface area contributed by atoms with Crippen molar-refractivity contribution in [1.82, 2.24) is 0 Å². The van der Waals surface area contributed by atoms with E-state index in [1.165, 1.54) is 0 Å². The Balaban J connectivity index is 2.57. The average Bonchev–Trinajstić information content (AvgIpc) is 2.45. The molecule has 5 heteroatoms. The minimum atomic E-state index is -0.960. The molecule has 0 heterocycles. The van der Waals surface area contributed by atoms with Crippen molar-refractivity contribution in [3.05, 3.63) is 27.3 Å². The molecule has 1 aliphatic carbocycles. The first-order valence-electron chi connectivity index (χ1n) is 6.73. The van der Waals surface area contributed by atoms with Crippen molar-refractivity contribution >= 4 is 23.4 Å². The number of ether oxygens (including phenoxy) is 1. The van der Waals surface area contributed by atoms with Gasteiger partial charge in [-0.1, -0.05) is 11.6 Å². The number of phenolic OH excluding ortho intramolecular Hbond substituents is 1. The molecule has 0 fully saturated rings. The number of ketones is 1. The molecule has 1 aromatic rings. The zero-order chi connectivity index (χ0) is 14.9. The Kier molecular flexibility index (Phi) is 4.33. The van der Waals surface area contributed by atoms with Crippen molar-refractivity contribution in [2.45, 2.75) is 39.5 Å². The van der Waals surface area contributed by atoms with Crippen molar-refractivity contribution in [2.24, 2.45) is 0 Å². The second-order valence-electron chi connectivity index (χ2n) is 4.88. The number of halogens is 1. The third kappa shape index (κ3) is 2.40. The maximum Gasteiger partial charge on any atom is 0.379 e. The van der Waals surface area contributed by atoms with Crippen LogP contribution in [0.15, 0.2) is 0 Å². The highest BCUT2D eigenvalue weighted by Crippen LogP contribution is 2.40. The van der Waals surface area contributed by atoms with E-state index >= 15 is 0 Å². The Morgan fingerprint density at radius 2 is 1.85 bits per heavy atom. The lowest BCUT2D eigenvalue weighted by Crippen LogP contribution is -2.20. The number of Topliss-reactive ketones (excluding diaryl/α,β-unsaturated/α-hetero) is 1. The molecule has 0 atom stereocenters. The van der Waals surface area contributed by atoms with Crippen LogP contribution in [0.1, 0.15) is 46.8 Å². The number of carbonyl (C=O) groups is 2. The lowest BCUT2D eigenvalue weighted by molar-refractivity contribution is -0.137. The van der Waals surface area contributed by atoms with E-state index in [1.54, 1.807) is 13.8 Å². The SMILES string of the molecule is CCOC(=O)C(=O)c1c(C)c2c(c(Cl)c1O)CCCC2. The normalized spacial score (nSPS) is 13.8. The predicted octanol–water partition coefficient (Wildman–Crippen LogP) is 2.98. The van der Waals surface area contributed by atoms with Crippen LogP contribution < -0.4 is 0 Å². The van der Waals surface area contributed by atoms with Crippen molar-refractivity contribution < 1.29 is 19.4 Å². The summed E-state index contributed by atoms with van der Waals surface area (Å²) in [6.45, 7) is 3.48. The highest BCUT2D eigenvalue weighted by Gasteiger charge is 2.29. The van der Waals surface area contributed by atoms with Crippen LogP contribution in [0.2, 0.25) is 5.02 Å². The first kappa shape index (κ1) is 14.9. The second kappa shape index (κ2) is 5.83. The quantitative estimate of drug-likeness (QED) is 0.529. The average molecular weight is 297 g/mol. The van der Waals surface area contributed by atoms with Crippen molar-refractivity contribution in [3.63, 3.8) is 0 Å². The first-order chi connectivity index (χ1) is 9.49. The van der Waals surface area contributed by atoms with Gasteiger partial charge in [0, 0.05) is 0 Å². The molecule has 1 aromatic carbocycles. The van der Waals surface area contributed by atoms with E-state index in [0.29, 0.717) is 5.56 Å². The molecule has 4 nitrogen and oxygen atoms in total. The molecule has 1 N–H and O–H groups in total. The monoisotopic (exact) mass is 296 g/mol. The molecule has 0 saturated heterocycles. The highest BCUT2D eigenvalue weighted by molar-refractivity contribution is 6.43. The van der Waals surface area contributed by atoms with Crippen molar-refractivity contribution in [3.8, 4) is 5.75 Å². The van der Waals surface area contributed by atoms with Gasteiger partial charge in [-0.05, 0) is 56.2 Å². The van der Waals surface area contributed by atoms with Crippen LogP contribution in [-0.4, -0.2) is 23.5 Å². The van der Waals surface area contributed by atoms with Gasteiger partial charge in [0.15, 0.2) is 0 Å². The van der Waals surface area contributed by atoms with Gasteiger partial charge in [-0.15, -0.1) is 0 Å². The van der Waals surface area contributed by atoms with Gasteiger partial charge in [0.25, 0.3) is 5.78 Å². The van der Waals surface area contributed by atoms with Crippen molar-refractivity contribution in [2.75, 3.05) is 6.61 Å². The van der Waals surface area contributed by atoms with Gasteiger partial charge >= 0.3 is 5.97 Å². The topological polar surface area (TPSA) is 63.6 Å². The number of hydrogen-bond acceptors (Lipinski definition) is 4. The molecule has 0 spiro atoms. The third-order valence-electron chi connectivity index (χ3n) is 3.69. The molecular weight excluding hydrogens is 280 g/mol. The fourth-order valence-electron chi connectivity index (χ4n) is 2.72. The summed E-state index contributed by atoms with van der Waals surface area (Å²) >= 11 is 6.16. The summed E-state index contributed by atoms with van der Waals surface area (Å²) in [6, 6.07) is 0. The fraction of sp³-hybridized carbons (Fsp3) is 0.467. The number of esters is 1.